The minimum Gasteiger partial charge on any atom is -0.378 e. The molecular weight excluding hydrogens is 1410 g/mol. The molecule has 9 heterocycles. The summed E-state index contributed by atoms with van der Waals surface area (Å²) in [5.74, 6) is -1.57. The van der Waals surface area contributed by atoms with Crippen LogP contribution in [0.15, 0.2) is 92.6 Å². The summed E-state index contributed by atoms with van der Waals surface area (Å²) in [5.41, 5.74) is 3.60. The number of aryl methyl sites for hydroxylation is 3. The fraction of sp³-hybridized carbons (Fsp3) is 0.400. The molecular formula is C70H66F10N18O6S. The first-order valence-corrected chi connectivity index (χ1v) is 33.4. The second kappa shape index (κ2) is 34.3. The van der Waals surface area contributed by atoms with Crippen LogP contribution >= 0.6 is 12.1 Å². The lowest BCUT2D eigenvalue weighted by Gasteiger charge is -2.21. The van der Waals surface area contributed by atoms with Crippen LogP contribution in [0.25, 0.3) is 32.0 Å². The zero-order valence-electron chi connectivity index (χ0n) is 57.3. The molecule has 0 aliphatic heterocycles. The van der Waals surface area contributed by atoms with E-state index in [0.29, 0.717) is 67.5 Å². The van der Waals surface area contributed by atoms with E-state index in [0.717, 1.165) is 71.1 Å². The minimum absolute atomic E-state index is 0.0818. The Labute approximate surface area is 599 Å². The fourth-order valence-corrected chi connectivity index (χ4v) is 12.0. The van der Waals surface area contributed by atoms with Gasteiger partial charge in [0.05, 0.1) is 75.2 Å². The third-order valence-electron chi connectivity index (χ3n) is 17.1. The second-order valence-electron chi connectivity index (χ2n) is 24.6. The van der Waals surface area contributed by atoms with Gasteiger partial charge < -0.3 is 14.2 Å². The number of hydrogen-bond acceptors (Lipinski definition) is 19. The van der Waals surface area contributed by atoms with Crippen molar-refractivity contribution in [1.29, 1.82) is 0 Å². The SMILES string of the molecule is CSF.[C-]#[N+]c1c(C)ncc(CC(=O)Cc2cnc(-n3nccn3)c(C(F)(F)F)c2)c1C(OC)C1CC1.[C-]#[N+]c1c(C)ncc(CC(=O)Cc2cnc(-n3nccn3)c(C(F)(F)F)c2)c1[C@@H](OC)C1CC1.[C-]#[N+]c1c(C)ncc(CC(=O)Cc2cnc(-n3nccn3)c(C(F)(F)F)c2)c1[C@H](OC)C1CC1. The molecule has 105 heavy (non-hydrogen) atoms. The largest absolute Gasteiger partial charge is 0.420 e. The molecule has 24 nitrogen and oxygen atoms in total. The summed E-state index contributed by atoms with van der Waals surface area (Å²) in [4.78, 5) is 76.3. The van der Waals surface area contributed by atoms with Gasteiger partial charge in [0.1, 0.15) is 34.0 Å². The van der Waals surface area contributed by atoms with Crippen LogP contribution in [0, 0.1) is 58.2 Å². The zero-order valence-corrected chi connectivity index (χ0v) is 58.1. The first-order valence-electron chi connectivity index (χ1n) is 32.2. The molecule has 1 unspecified atom stereocenters. The fourth-order valence-electron chi connectivity index (χ4n) is 12.0. The minimum atomic E-state index is -4.70. The van der Waals surface area contributed by atoms with E-state index in [1.165, 1.54) is 62.0 Å². The molecule has 3 aliphatic rings. The van der Waals surface area contributed by atoms with Gasteiger partial charge in [-0.2, -0.15) is 74.0 Å². The van der Waals surface area contributed by atoms with Crippen molar-refractivity contribution < 1.29 is 72.0 Å². The molecule has 3 atom stereocenters. The average molecular weight is 1480 g/mol. The number of hydrogen-bond donors (Lipinski definition) is 0. The maximum Gasteiger partial charge on any atom is 0.420 e. The van der Waals surface area contributed by atoms with E-state index in [1.807, 2.05) is 0 Å². The number of alkyl halides is 9. The lowest BCUT2D eigenvalue weighted by Crippen LogP contribution is -2.17. The highest BCUT2D eigenvalue weighted by molar-refractivity contribution is 7.93. The van der Waals surface area contributed by atoms with Crippen molar-refractivity contribution in [2.75, 3.05) is 27.6 Å². The van der Waals surface area contributed by atoms with Gasteiger partial charge in [-0.05, 0) is 145 Å². The smallest absolute Gasteiger partial charge is 0.378 e. The van der Waals surface area contributed by atoms with Crippen molar-refractivity contribution in [3.63, 3.8) is 0 Å². The number of carbonyl (C=O) groups is 3. The first kappa shape index (κ1) is 78.5. The quantitative estimate of drug-likeness (QED) is 0.0402. The van der Waals surface area contributed by atoms with Gasteiger partial charge in [-0.15, -0.1) is 14.4 Å². The summed E-state index contributed by atoms with van der Waals surface area (Å²) in [6.45, 7) is 28.0. The Kier molecular flexibility index (Phi) is 25.6. The van der Waals surface area contributed by atoms with Crippen LogP contribution in [-0.4, -0.2) is 120 Å². The van der Waals surface area contributed by atoms with E-state index in [1.54, 1.807) is 60.7 Å². The maximum atomic E-state index is 13.6. The third-order valence-corrected chi connectivity index (χ3v) is 17.1. The molecule has 0 radical (unpaired) electrons. The Hall–Kier alpha value is -10.7. The van der Waals surface area contributed by atoms with Crippen LogP contribution in [0.2, 0.25) is 0 Å². The molecule has 35 heteroatoms. The summed E-state index contributed by atoms with van der Waals surface area (Å²) in [6, 6.07) is 2.68. The lowest BCUT2D eigenvalue weighted by molar-refractivity contribution is -0.138. The standard InChI is InChI=1S/3C23H21F3N6O2.CH3FS/c3*1-13-20(27-2)19(21(34-3)15-4-5-15)16(12-28-13)10-17(33)8-14-9-18(23(24,25)26)22(29-11-14)32-30-6-7-31-32;1-3-2/h3*6-7,9,11-12,15,21H,4-5,8,10H2,1,3H3;1H3/t2*21-;;/m10../s1. The summed E-state index contributed by atoms with van der Waals surface area (Å²) < 4.78 is 150. The highest BCUT2D eigenvalue weighted by Crippen LogP contribution is 2.50. The van der Waals surface area contributed by atoms with Crippen LogP contribution in [0.3, 0.4) is 0 Å². The first-order chi connectivity index (χ1) is 50.1. The van der Waals surface area contributed by atoms with E-state index >= 15 is 0 Å². The Balaban J connectivity index is 0.000000179. The number of nitrogens with zero attached hydrogens (tertiary/aromatic N) is 18. The van der Waals surface area contributed by atoms with Gasteiger partial charge in [-0.3, -0.25) is 29.3 Å². The third kappa shape index (κ3) is 19.6. The normalized spacial score (nSPS) is 14.3. The van der Waals surface area contributed by atoms with E-state index in [9.17, 15) is 57.8 Å². The predicted octanol–water partition coefficient (Wildman–Crippen LogP) is 14.4. The maximum absolute atomic E-state index is 13.6. The van der Waals surface area contributed by atoms with E-state index in [2.05, 4.69) is 75.0 Å². The number of Topliss-reactive ketones (excluding diaryl/α,β-unsaturated/α-hetero) is 3. The molecule has 9 aromatic rings. The zero-order chi connectivity index (χ0) is 76.1. The van der Waals surface area contributed by atoms with Gasteiger partial charge in [-0.25, -0.2) is 29.5 Å². The van der Waals surface area contributed by atoms with Gasteiger partial charge in [0.2, 0.25) is 17.1 Å². The number of pyridine rings is 6. The van der Waals surface area contributed by atoms with E-state index in [-0.39, 0.29) is 121 Å². The summed E-state index contributed by atoms with van der Waals surface area (Å²) >= 11 is 0.250. The molecule has 0 amide bonds. The molecule has 3 fully saturated rings. The number of methoxy groups -OCH3 is 3. The molecule has 0 spiro atoms. The van der Waals surface area contributed by atoms with Crippen molar-refractivity contribution in [3.8, 4) is 17.5 Å². The molecule has 9 aromatic heterocycles. The van der Waals surface area contributed by atoms with Crippen molar-refractivity contribution in [3.05, 3.63) is 211 Å². The van der Waals surface area contributed by atoms with Crippen LogP contribution in [-0.2, 0) is 85.6 Å². The Bertz CT molecular complexity index is 4240. The van der Waals surface area contributed by atoms with Gasteiger partial charge >= 0.3 is 18.5 Å². The number of ether oxygens (including phenoxy) is 3. The monoisotopic (exact) mass is 1480 g/mol. The van der Waals surface area contributed by atoms with Gasteiger partial charge in [0.25, 0.3) is 0 Å². The van der Waals surface area contributed by atoms with Crippen molar-refractivity contribution in [2.24, 2.45) is 17.8 Å². The molecule has 12 rings (SSSR count). The molecule has 0 bridgehead atoms. The number of rotatable bonds is 24. The molecule has 3 aliphatic carbocycles. The number of carbonyl (C=O) groups excluding carboxylic acids is 3. The van der Waals surface area contributed by atoms with Crippen molar-refractivity contribution in [1.82, 2.24) is 74.9 Å². The van der Waals surface area contributed by atoms with Gasteiger partial charge in [0, 0.05) is 133 Å². The highest BCUT2D eigenvalue weighted by atomic mass is 32.2. The summed E-state index contributed by atoms with van der Waals surface area (Å²) in [5, 5.41) is 22.3. The molecule has 3 saturated carbocycles. The predicted molar refractivity (Wildman–Crippen MR) is 357 cm³/mol. The molecule has 548 valence electrons. The van der Waals surface area contributed by atoms with E-state index < -0.39 is 52.7 Å². The Morgan fingerprint density at radius 2 is 0.667 bits per heavy atom. The summed E-state index contributed by atoms with van der Waals surface area (Å²) in [7, 11) is 4.70. The Morgan fingerprint density at radius 3 is 0.857 bits per heavy atom. The molecule has 0 saturated heterocycles. The van der Waals surface area contributed by atoms with E-state index in [4.69, 9.17) is 33.9 Å². The second-order valence-corrected chi connectivity index (χ2v) is 24.9. The Morgan fingerprint density at radius 1 is 0.438 bits per heavy atom. The average Bonchev–Trinajstić information content (AvgIpc) is 1.75. The van der Waals surface area contributed by atoms with Crippen molar-refractivity contribution >= 4 is 46.6 Å². The van der Waals surface area contributed by atoms with Crippen LogP contribution < -0.4 is 0 Å². The van der Waals surface area contributed by atoms with Crippen LogP contribution in [0.5, 0.6) is 0 Å². The highest BCUT2D eigenvalue weighted by Gasteiger charge is 2.42. The number of aromatic nitrogens is 15. The van der Waals surface area contributed by atoms with Gasteiger partial charge in [0.15, 0.2) is 17.5 Å². The molecule has 0 N–H and O–H groups in total. The molecule has 0 aromatic carbocycles. The summed E-state index contributed by atoms with van der Waals surface area (Å²) in [6.07, 6.45) is 6.85. The number of ketones is 3. The van der Waals surface area contributed by atoms with Crippen LogP contribution in [0.4, 0.5) is 60.5 Å². The van der Waals surface area contributed by atoms with Gasteiger partial charge in [-0.1, -0.05) is 0 Å². The number of halogens is 10. The van der Waals surface area contributed by atoms with Crippen molar-refractivity contribution in [2.45, 2.75) is 135 Å². The topological polar surface area (TPSA) is 261 Å². The van der Waals surface area contributed by atoms with Crippen LogP contribution in [0.1, 0.15) is 141 Å². The lowest BCUT2D eigenvalue weighted by atomic mass is 9.93.